The molecule has 0 spiro atoms. The molecule has 2 aromatic rings. The predicted molar refractivity (Wildman–Crippen MR) is 104 cm³/mol. The molecule has 0 atom stereocenters. The molecule has 8 heteroatoms. The number of carbonyl (C=O) groups excluding carboxylic acids is 1. The van der Waals surface area contributed by atoms with Gasteiger partial charge in [-0.3, -0.25) is 4.79 Å². The van der Waals surface area contributed by atoms with Crippen molar-refractivity contribution in [2.45, 2.75) is 13.0 Å². The number of rotatable bonds is 4. The third-order valence-corrected chi connectivity index (χ3v) is 4.38. The van der Waals surface area contributed by atoms with Crippen molar-refractivity contribution < 1.29 is 4.79 Å². The van der Waals surface area contributed by atoms with Crippen LogP contribution in [0, 0.1) is 0 Å². The summed E-state index contributed by atoms with van der Waals surface area (Å²) in [5.74, 6) is -0.175. The maximum Gasteiger partial charge on any atom is 0.284 e. The van der Waals surface area contributed by atoms with Crippen LogP contribution in [0.15, 0.2) is 35.7 Å². The van der Waals surface area contributed by atoms with Crippen LogP contribution < -0.4 is 16.4 Å². The average Bonchev–Trinajstić information content (AvgIpc) is 3.06. The van der Waals surface area contributed by atoms with Gasteiger partial charge in [-0.25, -0.2) is 4.98 Å². The van der Waals surface area contributed by atoms with Gasteiger partial charge in [0.15, 0.2) is 5.01 Å². The summed E-state index contributed by atoms with van der Waals surface area (Å²) in [7, 11) is 0. The van der Waals surface area contributed by atoms with Gasteiger partial charge in [0.05, 0.1) is 5.69 Å². The Labute approximate surface area is 157 Å². The highest BCUT2D eigenvalue weighted by Gasteiger charge is 2.14. The summed E-state index contributed by atoms with van der Waals surface area (Å²) in [6, 6.07) is 7.51. The molecular formula is C16H20Cl2N4OS. The molecule has 0 saturated carbocycles. The lowest BCUT2D eigenvalue weighted by Gasteiger charge is -2.11. The van der Waals surface area contributed by atoms with E-state index in [4.69, 9.17) is 5.73 Å². The molecule has 0 bridgehead atoms. The molecule has 24 heavy (non-hydrogen) atoms. The van der Waals surface area contributed by atoms with Crippen LogP contribution in [0.25, 0.3) is 5.57 Å². The summed E-state index contributed by atoms with van der Waals surface area (Å²) >= 11 is 1.37. The Bertz CT molecular complexity index is 700. The zero-order valence-corrected chi connectivity index (χ0v) is 15.4. The van der Waals surface area contributed by atoms with Gasteiger partial charge in [0.25, 0.3) is 5.91 Å². The molecule has 1 aromatic heterocycles. The molecular weight excluding hydrogens is 367 g/mol. The Balaban J connectivity index is 0.00000144. The van der Waals surface area contributed by atoms with Gasteiger partial charge >= 0.3 is 0 Å². The summed E-state index contributed by atoms with van der Waals surface area (Å²) in [4.78, 5) is 16.7. The quantitative estimate of drug-likeness (QED) is 0.753. The predicted octanol–water partition coefficient (Wildman–Crippen LogP) is 3.07. The lowest BCUT2D eigenvalue weighted by atomic mass is 10.1. The number of aromatic nitrogens is 1. The van der Waals surface area contributed by atoms with E-state index in [1.54, 1.807) is 0 Å². The van der Waals surface area contributed by atoms with E-state index in [0.29, 0.717) is 11.6 Å². The highest BCUT2D eigenvalue weighted by atomic mass is 35.5. The standard InChI is InChI=1S/C16H18N4OS.2ClH/c17-9-11-1-3-13(4-2-11)19-15(21)16-20-14(10-22-16)12-5-7-18-8-6-12;;/h1-5,10,18H,6-9,17H2,(H,19,21);2*1H. The zero-order valence-electron chi connectivity index (χ0n) is 13.0. The van der Waals surface area contributed by atoms with E-state index in [1.165, 1.54) is 16.9 Å². The number of halogens is 2. The minimum absolute atomic E-state index is 0. The maximum atomic E-state index is 12.2. The minimum Gasteiger partial charge on any atom is -0.326 e. The van der Waals surface area contributed by atoms with Crippen molar-refractivity contribution in [1.29, 1.82) is 0 Å². The first kappa shape index (κ1) is 20.6. The Kier molecular flexibility index (Phi) is 8.38. The highest BCUT2D eigenvalue weighted by molar-refractivity contribution is 7.12. The highest BCUT2D eigenvalue weighted by Crippen LogP contribution is 2.22. The Morgan fingerprint density at radius 3 is 2.67 bits per heavy atom. The molecule has 0 aliphatic carbocycles. The second-order valence-electron chi connectivity index (χ2n) is 5.08. The molecule has 0 saturated heterocycles. The third kappa shape index (κ3) is 5.03. The number of hydrogen-bond acceptors (Lipinski definition) is 5. The molecule has 3 rings (SSSR count). The summed E-state index contributed by atoms with van der Waals surface area (Å²) in [6.45, 7) is 2.31. The maximum absolute atomic E-state index is 12.2. The Hall–Kier alpha value is -1.44. The van der Waals surface area contributed by atoms with E-state index in [9.17, 15) is 4.79 Å². The van der Waals surface area contributed by atoms with Crippen LogP contribution in [-0.2, 0) is 6.54 Å². The number of thiazole rings is 1. The number of nitrogens with two attached hydrogens (primary N) is 1. The van der Waals surface area contributed by atoms with Crippen molar-refractivity contribution in [2.75, 3.05) is 18.4 Å². The number of nitrogens with zero attached hydrogens (tertiary/aromatic N) is 1. The van der Waals surface area contributed by atoms with Crippen LogP contribution in [0.5, 0.6) is 0 Å². The lowest BCUT2D eigenvalue weighted by Crippen LogP contribution is -2.20. The molecule has 130 valence electrons. The molecule has 0 unspecified atom stereocenters. The number of hydrogen-bond donors (Lipinski definition) is 3. The smallest absolute Gasteiger partial charge is 0.284 e. The van der Waals surface area contributed by atoms with Crippen molar-refractivity contribution in [2.24, 2.45) is 5.73 Å². The van der Waals surface area contributed by atoms with E-state index in [1.807, 2.05) is 29.6 Å². The van der Waals surface area contributed by atoms with Crippen molar-refractivity contribution >= 4 is 53.3 Å². The summed E-state index contributed by atoms with van der Waals surface area (Å²) in [5.41, 5.74) is 9.47. The number of carbonyl (C=O) groups is 1. The van der Waals surface area contributed by atoms with Crippen LogP contribution in [-0.4, -0.2) is 24.0 Å². The Morgan fingerprint density at radius 1 is 1.29 bits per heavy atom. The van der Waals surface area contributed by atoms with Crippen LogP contribution in [0.2, 0.25) is 0 Å². The fraction of sp³-hybridized carbons (Fsp3) is 0.250. The topological polar surface area (TPSA) is 80.0 Å². The van der Waals surface area contributed by atoms with Gasteiger partial charge in [-0.2, -0.15) is 0 Å². The molecule has 1 aromatic carbocycles. The van der Waals surface area contributed by atoms with Crippen molar-refractivity contribution in [3.8, 4) is 0 Å². The van der Waals surface area contributed by atoms with Gasteiger partial charge in [-0.1, -0.05) is 18.2 Å². The number of benzene rings is 1. The molecule has 1 aliphatic heterocycles. The fourth-order valence-electron chi connectivity index (χ4n) is 2.29. The number of anilines is 1. The van der Waals surface area contributed by atoms with E-state index in [0.717, 1.165) is 36.5 Å². The van der Waals surface area contributed by atoms with Gasteiger partial charge < -0.3 is 16.4 Å². The van der Waals surface area contributed by atoms with E-state index < -0.39 is 0 Å². The first-order valence-corrected chi connectivity index (χ1v) is 8.10. The van der Waals surface area contributed by atoms with Gasteiger partial charge in [0.1, 0.15) is 0 Å². The molecule has 0 radical (unpaired) electrons. The minimum atomic E-state index is -0.175. The van der Waals surface area contributed by atoms with Crippen LogP contribution in [0.1, 0.15) is 27.5 Å². The summed E-state index contributed by atoms with van der Waals surface area (Å²) in [5, 5.41) is 8.56. The first-order chi connectivity index (χ1) is 10.8. The van der Waals surface area contributed by atoms with Gasteiger partial charge in [-0.15, -0.1) is 36.2 Å². The molecule has 4 N–H and O–H groups in total. The second-order valence-corrected chi connectivity index (χ2v) is 5.93. The van der Waals surface area contributed by atoms with Gasteiger partial charge in [-0.05, 0) is 36.2 Å². The van der Waals surface area contributed by atoms with Crippen molar-refractivity contribution in [3.63, 3.8) is 0 Å². The average molecular weight is 387 g/mol. The van der Waals surface area contributed by atoms with Crippen LogP contribution in [0.3, 0.4) is 0 Å². The lowest BCUT2D eigenvalue weighted by molar-refractivity contribution is 0.102. The van der Waals surface area contributed by atoms with Gasteiger partial charge in [0, 0.05) is 24.2 Å². The Morgan fingerprint density at radius 2 is 2.04 bits per heavy atom. The molecule has 1 aliphatic rings. The third-order valence-electron chi connectivity index (χ3n) is 3.54. The van der Waals surface area contributed by atoms with E-state index >= 15 is 0 Å². The molecule has 5 nitrogen and oxygen atoms in total. The van der Waals surface area contributed by atoms with Crippen molar-refractivity contribution in [3.05, 3.63) is 52.0 Å². The van der Waals surface area contributed by atoms with Crippen LogP contribution >= 0.6 is 36.2 Å². The summed E-state index contributed by atoms with van der Waals surface area (Å²) < 4.78 is 0. The monoisotopic (exact) mass is 386 g/mol. The normalized spacial score (nSPS) is 13.3. The largest absolute Gasteiger partial charge is 0.326 e. The van der Waals surface area contributed by atoms with Crippen molar-refractivity contribution in [1.82, 2.24) is 10.3 Å². The van der Waals surface area contributed by atoms with E-state index in [-0.39, 0.29) is 30.7 Å². The molecule has 1 amide bonds. The number of nitrogens with one attached hydrogen (secondary N) is 2. The van der Waals surface area contributed by atoms with Gasteiger partial charge in [0.2, 0.25) is 0 Å². The first-order valence-electron chi connectivity index (χ1n) is 7.22. The molecule has 2 heterocycles. The SMILES string of the molecule is Cl.Cl.NCc1ccc(NC(=O)c2nc(C3=CCNCC3)cs2)cc1. The second kappa shape index (κ2) is 9.76. The zero-order chi connectivity index (χ0) is 15.4. The summed E-state index contributed by atoms with van der Waals surface area (Å²) in [6.07, 6.45) is 3.08. The molecule has 0 fully saturated rings. The number of amides is 1. The van der Waals surface area contributed by atoms with Crippen LogP contribution in [0.4, 0.5) is 5.69 Å². The van der Waals surface area contributed by atoms with E-state index in [2.05, 4.69) is 21.7 Å². The fourth-order valence-corrected chi connectivity index (χ4v) is 3.03.